The molecule has 26 heavy (non-hydrogen) atoms. The summed E-state index contributed by atoms with van der Waals surface area (Å²) in [7, 11) is 0. The Balaban J connectivity index is 1.77. The molecule has 0 aromatic heterocycles. The van der Waals surface area contributed by atoms with E-state index in [1.807, 2.05) is 6.08 Å². The summed E-state index contributed by atoms with van der Waals surface area (Å²) in [5, 5.41) is 2.82. The number of amides is 1. The minimum atomic E-state index is -0.307. The number of hydrogen-bond donors (Lipinski definition) is 1. The van der Waals surface area contributed by atoms with Crippen molar-refractivity contribution >= 4 is 23.3 Å². The number of Topliss-reactive ketones (excluding diaryl/α,β-unsaturated/α-hetero) is 1. The first-order valence-corrected chi connectivity index (χ1v) is 9.35. The van der Waals surface area contributed by atoms with Crippen molar-refractivity contribution in [3.63, 3.8) is 0 Å². The highest BCUT2D eigenvalue weighted by atomic mass is 16.5. The van der Waals surface area contributed by atoms with Gasteiger partial charge in [0.2, 0.25) is 5.91 Å². The first kappa shape index (κ1) is 19.9. The fourth-order valence-corrected chi connectivity index (χ4v) is 2.84. The van der Waals surface area contributed by atoms with Crippen molar-refractivity contribution in [3.8, 4) is 0 Å². The van der Waals surface area contributed by atoms with Crippen molar-refractivity contribution in [2.75, 3.05) is 11.9 Å². The quantitative estimate of drug-likeness (QED) is 0.310. The third-order valence-corrected chi connectivity index (χ3v) is 4.45. The highest BCUT2D eigenvalue weighted by Gasteiger charge is 2.21. The zero-order valence-electron chi connectivity index (χ0n) is 15.3. The van der Waals surface area contributed by atoms with Crippen LogP contribution in [0.5, 0.6) is 0 Å². The van der Waals surface area contributed by atoms with Gasteiger partial charge in [0.25, 0.3) is 0 Å². The zero-order chi connectivity index (χ0) is 18.8. The molecular formula is C21H27NO4. The molecule has 0 bridgehead atoms. The first-order valence-electron chi connectivity index (χ1n) is 9.35. The summed E-state index contributed by atoms with van der Waals surface area (Å²) in [6, 6.07) is 6.67. The van der Waals surface area contributed by atoms with Crippen molar-refractivity contribution in [2.45, 2.75) is 51.9 Å². The van der Waals surface area contributed by atoms with Crippen LogP contribution in [-0.2, 0) is 14.3 Å². The number of ketones is 1. The molecule has 1 unspecified atom stereocenters. The van der Waals surface area contributed by atoms with Crippen molar-refractivity contribution in [2.24, 2.45) is 5.92 Å². The van der Waals surface area contributed by atoms with Crippen LogP contribution in [0.3, 0.4) is 0 Å². The van der Waals surface area contributed by atoms with Gasteiger partial charge in [0.15, 0.2) is 12.4 Å². The van der Waals surface area contributed by atoms with E-state index >= 15 is 0 Å². The van der Waals surface area contributed by atoms with Crippen LogP contribution in [0.25, 0.3) is 0 Å². The minimum absolute atomic E-state index is 0.0204. The van der Waals surface area contributed by atoms with Crippen LogP contribution >= 0.6 is 0 Å². The molecule has 0 radical (unpaired) electrons. The van der Waals surface area contributed by atoms with Crippen molar-refractivity contribution in [1.29, 1.82) is 0 Å². The van der Waals surface area contributed by atoms with Gasteiger partial charge in [-0.15, -0.1) is 0 Å². The highest BCUT2D eigenvalue weighted by Crippen LogP contribution is 2.19. The molecule has 0 fully saturated rings. The van der Waals surface area contributed by atoms with Gasteiger partial charge < -0.3 is 10.1 Å². The summed E-state index contributed by atoms with van der Waals surface area (Å²) in [6.45, 7) is 1.85. The number of esters is 1. The van der Waals surface area contributed by atoms with Gasteiger partial charge >= 0.3 is 5.97 Å². The topological polar surface area (TPSA) is 72.5 Å². The summed E-state index contributed by atoms with van der Waals surface area (Å²) in [4.78, 5) is 35.9. The molecule has 0 saturated heterocycles. The Bertz CT molecular complexity index is 648. The van der Waals surface area contributed by atoms with Crippen LogP contribution in [-0.4, -0.2) is 24.3 Å². The van der Waals surface area contributed by atoms with E-state index in [2.05, 4.69) is 18.3 Å². The summed E-state index contributed by atoms with van der Waals surface area (Å²) in [5.41, 5.74) is 1.12. The Kier molecular flexibility index (Phi) is 8.06. The van der Waals surface area contributed by atoms with Crippen LogP contribution in [0.4, 0.5) is 5.69 Å². The lowest BCUT2D eigenvalue weighted by Crippen LogP contribution is -2.22. The molecule has 1 N–H and O–H groups in total. The lowest BCUT2D eigenvalue weighted by atomic mass is 9.95. The number of benzene rings is 1. The van der Waals surface area contributed by atoms with E-state index in [9.17, 15) is 14.4 Å². The molecule has 1 atom stereocenters. The molecule has 0 saturated carbocycles. The number of unbranched alkanes of at least 4 members (excludes halogenated alkanes) is 2. The Hall–Kier alpha value is -2.43. The fraction of sp³-hybridized carbons (Fsp3) is 0.476. The smallest absolute Gasteiger partial charge is 0.309 e. The molecule has 0 spiro atoms. The van der Waals surface area contributed by atoms with E-state index in [4.69, 9.17) is 4.74 Å². The number of ether oxygens (including phenoxy) is 1. The predicted molar refractivity (Wildman–Crippen MR) is 101 cm³/mol. The fourth-order valence-electron chi connectivity index (χ4n) is 2.84. The van der Waals surface area contributed by atoms with Crippen molar-refractivity contribution in [1.82, 2.24) is 0 Å². The molecule has 1 aromatic rings. The minimum Gasteiger partial charge on any atom is -0.457 e. The Morgan fingerprint density at radius 3 is 2.54 bits per heavy atom. The number of anilines is 1. The Morgan fingerprint density at radius 1 is 1.12 bits per heavy atom. The third kappa shape index (κ3) is 6.47. The second-order valence-corrected chi connectivity index (χ2v) is 6.59. The van der Waals surface area contributed by atoms with E-state index in [0.717, 1.165) is 32.1 Å². The largest absolute Gasteiger partial charge is 0.457 e. The normalized spacial score (nSPS) is 16.1. The van der Waals surface area contributed by atoms with Gasteiger partial charge in [0.05, 0.1) is 5.92 Å². The third-order valence-electron chi connectivity index (χ3n) is 4.45. The van der Waals surface area contributed by atoms with Gasteiger partial charge in [-0.1, -0.05) is 31.9 Å². The van der Waals surface area contributed by atoms with Crippen LogP contribution in [0, 0.1) is 5.92 Å². The second kappa shape index (κ2) is 10.5. The standard InChI is InChI=1S/C21H27NO4/c1-2-3-5-10-20(24)22-18-13-11-16(12-14-18)19(23)15-26-21(25)17-8-6-4-7-9-17/h4,6,11-14,17H,2-3,5,7-10,15H2,1H3,(H,22,24). The lowest BCUT2D eigenvalue weighted by molar-refractivity contribution is -0.147. The predicted octanol–water partition coefficient (Wildman–Crippen LogP) is 4.29. The van der Waals surface area contributed by atoms with Crippen LogP contribution in [0.2, 0.25) is 0 Å². The number of carbonyl (C=O) groups excluding carboxylic acids is 3. The zero-order valence-corrected chi connectivity index (χ0v) is 15.3. The first-order chi connectivity index (χ1) is 12.6. The lowest BCUT2D eigenvalue weighted by Gasteiger charge is -2.16. The molecule has 0 heterocycles. The van der Waals surface area contributed by atoms with Crippen LogP contribution < -0.4 is 5.32 Å². The average molecular weight is 357 g/mol. The van der Waals surface area contributed by atoms with Crippen LogP contribution in [0.1, 0.15) is 62.2 Å². The summed E-state index contributed by atoms with van der Waals surface area (Å²) >= 11 is 0. The molecule has 1 aliphatic carbocycles. The van der Waals surface area contributed by atoms with E-state index in [0.29, 0.717) is 24.1 Å². The van der Waals surface area contributed by atoms with Crippen molar-refractivity contribution in [3.05, 3.63) is 42.0 Å². The van der Waals surface area contributed by atoms with Gasteiger partial charge in [0, 0.05) is 17.7 Å². The summed E-state index contributed by atoms with van der Waals surface area (Å²) < 4.78 is 5.16. The van der Waals surface area contributed by atoms with E-state index in [-0.39, 0.29) is 30.2 Å². The highest BCUT2D eigenvalue weighted by molar-refractivity contribution is 5.99. The molecule has 1 aliphatic rings. The average Bonchev–Trinajstić information content (AvgIpc) is 2.67. The summed E-state index contributed by atoms with van der Waals surface area (Å²) in [6.07, 6.45) is 9.85. The van der Waals surface area contributed by atoms with Gasteiger partial charge in [0.1, 0.15) is 0 Å². The van der Waals surface area contributed by atoms with Gasteiger partial charge in [-0.05, 0) is 49.9 Å². The van der Waals surface area contributed by atoms with Crippen LogP contribution in [0.15, 0.2) is 36.4 Å². The van der Waals surface area contributed by atoms with E-state index < -0.39 is 0 Å². The van der Waals surface area contributed by atoms with Crippen molar-refractivity contribution < 1.29 is 19.1 Å². The summed E-state index contributed by atoms with van der Waals surface area (Å²) in [5.74, 6) is -0.713. The monoisotopic (exact) mass is 357 g/mol. The van der Waals surface area contributed by atoms with Gasteiger partial charge in [-0.3, -0.25) is 14.4 Å². The maximum Gasteiger partial charge on any atom is 0.309 e. The SMILES string of the molecule is CCCCCC(=O)Nc1ccc(C(=O)COC(=O)C2CC=CCC2)cc1. The van der Waals surface area contributed by atoms with Gasteiger partial charge in [-0.25, -0.2) is 0 Å². The number of carbonyl (C=O) groups is 3. The Morgan fingerprint density at radius 2 is 1.88 bits per heavy atom. The maximum absolute atomic E-state index is 12.2. The Labute approximate surface area is 154 Å². The molecule has 2 rings (SSSR count). The van der Waals surface area contributed by atoms with E-state index in [1.165, 1.54) is 0 Å². The molecule has 5 heteroatoms. The molecular weight excluding hydrogens is 330 g/mol. The number of nitrogens with one attached hydrogen (secondary N) is 1. The molecule has 1 aromatic carbocycles. The molecule has 0 aliphatic heterocycles. The molecule has 1 amide bonds. The van der Waals surface area contributed by atoms with E-state index in [1.54, 1.807) is 24.3 Å². The maximum atomic E-state index is 12.2. The molecule has 5 nitrogen and oxygen atoms in total. The van der Waals surface area contributed by atoms with Gasteiger partial charge in [-0.2, -0.15) is 0 Å². The number of allylic oxidation sites excluding steroid dienone is 2. The number of rotatable bonds is 9. The second-order valence-electron chi connectivity index (χ2n) is 6.59. The molecule has 140 valence electrons. The number of hydrogen-bond acceptors (Lipinski definition) is 4.